The molecule has 0 saturated carbocycles. The standard InChI is InChI=1S/C59H98O6/c1-4-7-10-13-15-17-19-21-23-25-26-27-28-29-30-31-32-34-35-37-39-41-43-46-49-52-58(61)64-55-56(54-63-57(60)51-48-45-12-9-6-3)65-59(62)53-50-47-44-42-40-38-36-33-24-22-20-18-16-14-11-8-5-2/h7,10,15,17,21-24,26-27,29-30,32,34,37,39,56H,4-6,8-9,11-14,16,18-20,25,28,31,33,35-36,38,40-55H2,1-3H3/b10-7-,17-15-,23-21-,24-22-,27-26-,30-29-,34-32-,39-37-. The van der Waals surface area contributed by atoms with E-state index in [1.807, 2.05) is 0 Å². The molecule has 0 aliphatic rings. The van der Waals surface area contributed by atoms with Crippen molar-refractivity contribution in [3.63, 3.8) is 0 Å². The SMILES string of the molecule is CC/C=C\C/C=C\C/C=C\C/C=C\C/C=C\C/C=C\C/C=C\CCCCCC(=O)OCC(COC(=O)CCCCCCC)OC(=O)CCCCCCCCC/C=C\CCCCCCCC. The average molecular weight is 903 g/mol. The summed E-state index contributed by atoms with van der Waals surface area (Å²) < 4.78 is 16.7. The van der Waals surface area contributed by atoms with Crippen LogP contribution in [0.1, 0.15) is 239 Å². The quantitative estimate of drug-likeness (QED) is 0.0262. The number of esters is 3. The minimum atomic E-state index is -0.790. The third-order valence-electron chi connectivity index (χ3n) is 11.1. The lowest BCUT2D eigenvalue weighted by molar-refractivity contribution is -0.167. The van der Waals surface area contributed by atoms with Crippen molar-refractivity contribution in [3.05, 3.63) is 97.2 Å². The molecule has 0 heterocycles. The van der Waals surface area contributed by atoms with Crippen LogP contribution in [0.5, 0.6) is 0 Å². The van der Waals surface area contributed by atoms with E-state index in [1.54, 1.807) is 0 Å². The molecular weight excluding hydrogens is 805 g/mol. The highest BCUT2D eigenvalue weighted by Gasteiger charge is 2.19. The van der Waals surface area contributed by atoms with E-state index in [0.29, 0.717) is 19.3 Å². The highest BCUT2D eigenvalue weighted by molar-refractivity contribution is 5.71. The normalized spacial score (nSPS) is 12.8. The average Bonchev–Trinajstić information content (AvgIpc) is 3.30. The van der Waals surface area contributed by atoms with E-state index in [9.17, 15) is 14.4 Å². The lowest BCUT2D eigenvalue weighted by Gasteiger charge is -2.18. The van der Waals surface area contributed by atoms with Gasteiger partial charge in [-0.3, -0.25) is 14.4 Å². The van der Waals surface area contributed by atoms with Crippen LogP contribution in [0.15, 0.2) is 97.2 Å². The molecule has 65 heavy (non-hydrogen) atoms. The fourth-order valence-electron chi connectivity index (χ4n) is 7.06. The first kappa shape index (κ1) is 61.3. The van der Waals surface area contributed by atoms with Crippen molar-refractivity contribution in [2.75, 3.05) is 13.2 Å². The molecule has 1 atom stereocenters. The predicted molar refractivity (Wildman–Crippen MR) is 279 cm³/mol. The summed E-state index contributed by atoms with van der Waals surface area (Å²) in [6.07, 6.45) is 70.0. The summed E-state index contributed by atoms with van der Waals surface area (Å²) in [5.41, 5.74) is 0. The molecule has 0 aromatic carbocycles. The fraction of sp³-hybridized carbons (Fsp3) is 0.678. The molecule has 0 aliphatic heterocycles. The van der Waals surface area contributed by atoms with Crippen LogP contribution in [0, 0.1) is 0 Å². The molecule has 6 heteroatoms. The zero-order chi connectivity index (χ0) is 47.2. The van der Waals surface area contributed by atoms with Crippen molar-refractivity contribution in [1.29, 1.82) is 0 Å². The summed E-state index contributed by atoms with van der Waals surface area (Å²) in [6, 6.07) is 0. The van der Waals surface area contributed by atoms with Gasteiger partial charge in [-0.05, 0) is 103 Å². The second-order valence-electron chi connectivity index (χ2n) is 17.4. The van der Waals surface area contributed by atoms with E-state index in [1.165, 1.54) is 83.5 Å². The molecule has 0 saturated heterocycles. The van der Waals surface area contributed by atoms with Crippen molar-refractivity contribution in [1.82, 2.24) is 0 Å². The van der Waals surface area contributed by atoms with Crippen LogP contribution in [0.2, 0.25) is 0 Å². The lowest BCUT2D eigenvalue weighted by atomic mass is 10.1. The maximum absolute atomic E-state index is 12.7. The van der Waals surface area contributed by atoms with E-state index < -0.39 is 6.10 Å². The molecule has 0 bridgehead atoms. The van der Waals surface area contributed by atoms with Gasteiger partial charge in [-0.2, -0.15) is 0 Å². The number of carbonyl (C=O) groups is 3. The van der Waals surface area contributed by atoms with Gasteiger partial charge in [0, 0.05) is 19.3 Å². The maximum atomic E-state index is 12.7. The Hall–Kier alpha value is -3.67. The first-order chi connectivity index (χ1) is 32.0. The summed E-state index contributed by atoms with van der Waals surface area (Å²) in [5, 5.41) is 0. The highest BCUT2D eigenvalue weighted by atomic mass is 16.6. The van der Waals surface area contributed by atoms with Gasteiger partial charge in [-0.25, -0.2) is 0 Å². The zero-order valence-electron chi connectivity index (χ0n) is 42.2. The Balaban J connectivity index is 4.23. The first-order valence-corrected chi connectivity index (χ1v) is 26.7. The molecule has 0 aromatic rings. The Morgan fingerprint density at radius 3 is 0.969 bits per heavy atom. The second-order valence-corrected chi connectivity index (χ2v) is 17.4. The first-order valence-electron chi connectivity index (χ1n) is 26.7. The van der Waals surface area contributed by atoms with Gasteiger partial charge in [0.05, 0.1) is 0 Å². The van der Waals surface area contributed by atoms with E-state index in [2.05, 4.69) is 118 Å². The molecule has 0 spiro atoms. The second kappa shape index (κ2) is 52.9. The number of hydrogen-bond donors (Lipinski definition) is 0. The van der Waals surface area contributed by atoms with Crippen molar-refractivity contribution in [2.45, 2.75) is 245 Å². The van der Waals surface area contributed by atoms with E-state index in [0.717, 1.165) is 116 Å². The highest BCUT2D eigenvalue weighted by Crippen LogP contribution is 2.13. The van der Waals surface area contributed by atoms with Gasteiger partial charge in [-0.15, -0.1) is 0 Å². The number of ether oxygens (including phenoxy) is 3. The van der Waals surface area contributed by atoms with Crippen molar-refractivity contribution < 1.29 is 28.6 Å². The summed E-state index contributed by atoms with van der Waals surface area (Å²) in [4.78, 5) is 37.7. The van der Waals surface area contributed by atoms with Gasteiger partial charge in [-0.1, -0.05) is 214 Å². The van der Waals surface area contributed by atoms with Crippen LogP contribution in [0.4, 0.5) is 0 Å². The van der Waals surface area contributed by atoms with Gasteiger partial charge in [0.2, 0.25) is 0 Å². The van der Waals surface area contributed by atoms with Gasteiger partial charge >= 0.3 is 17.9 Å². The Kier molecular flexibility index (Phi) is 50.0. The third kappa shape index (κ3) is 51.2. The fourth-order valence-corrected chi connectivity index (χ4v) is 7.06. The largest absolute Gasteiger partial charge is 0.462 e. The number of rotatable bonds is 47. The van der Waals surface area contributed by atoms with Crippen LogP contribution in [0.3, 0.4) is 0 Å². The van der Waals surface area contributed by atoms with Gasteiger partial charge in [0.15, 0.2) is 6.10 Å². The van der Waals surface area contributed by atoms with Crippen LogP contribution < -0.4 is 0 Å². The Bertz CT molecular complexity index is 1310. The molecular formula is C59H98O6. The van der Waals surface area contributed by atoms with Crippen LogP contribution in [0.25, 0.3) is 0 Å². The smallest absolute Gasteiger partial charge is 0.306 e. The zero-order valence-corrected chi connectivity index (χ0v) is 42.2. The molecule has 0 rings (SSSR count). The molecule has 0 amide bonds. The van der Waals surface area contributed by atoms with Crippen LogP contribution in [-0.2, 0) is 28.6 Å². The van der Waals surface area contributed by atoms with E-state index >= 15 is 0 Å². The topological polar surface area (TPSA) is 78.9 Å². The molecule has 0 fully saturated rings. The maximum Gasteiger partial charge on any atom is 0.306 e. The lowest BCUT2D eigenvalue weighted by Crippen LogP contribution is -2.30. The summed E-state index contributed by atoms with van der Waals surface area (Å²) >= 11 is 0. The monoisotopic (exact) mass is 903 g/mol. The molecule has 0 aliphatic carbocycles. The number of allylic oxidation sites excluding steroid dienone is 16. The van der Waals surface area contributed by atoms with E-state index in [4.69, 9.17) is 14.2 Å². The molecule has 0 aromatic heterocycles. The number of hydrogen-bond acceptors (Lipinski definition) is 6. The Morgan fingerprint density at radius 2 is 0.600 bits per heavy atom. The van der Waals surface area contributed by atoms with Gasteiger partial charge in [0.25, 0.3) is 0 Å². The molecule has 6 nitrogen and oxygen atoms in total. The Morgan fingerprint density at radius 1 is 0.323 bits per heavy atom. The summed E-state index contributed by atoms with van der Waals surface area (Å²) in [5.74, 6) is -0.946. The Labute approximate surface area is 400 Å². The van der Waals surface area contributed by atoms with Gasteiger partial charge < -0.3 is 14.2 Å². The summed E-state index contributed by atoms with van der Waals surface area (Å²) in [7, 11) is 0. The van der Waals surface area contributed by atoms with E-state index in [-0.39, 0.29) is 31.1 Å². The molecule has 0 radical (unpaired) electrons. The molecule has 1 unspecified atom stereocenters. The van der Waals surface area contributed by atoms with Gasteiger partial charge in [0.1, 0.15) is 13.2 Å². The van der Waals surface area contributed by atoms with Crippen molar-refractivity contribution >= 4 is 17.9 Å². The minimum absolute atomic E-state index is 0.0913. The van der Waals surface area contributed by atoms with Crippen LogP contribution in [-0.4, -0.2) is 37.2 Å². The third-order valence-corrected chi connectivity index (χ3v) is 11.1. The van der Waals surface area contributed by atoms with Crippen LogP contribution >= 0.6 is 0 Å². The van der Waals surface area contributed by atoms with Crippen molar-refractivity contribution in [2.24, 2.45) is 0 Å². The minimum Gasteiger partial charge on any atom is -0.462 e. The molecule has 370 valence electrons. The predicted octanol–water partition coefficient (Wildman–Crippen LogP) is 17.8. The van der Waals surface area contributed by atoms with Crippen molar-refractivity contribution in [3.8, 4) is 0 Å². The summed E-state index contributed by atoms with van der Waals surface area (Å²) in [6.45, 7) is 6.40. The molecule has 0 N–H and O–H groups in total. The number of carbonyl (C=O) groups excluding carboxylic acids is 3. The number of unbranched alkanes of at least 4 members (excludes halogenated alkanes) is 20.